The van der Waals surface area contributed by atoms with Gasteiger partial charge in [-0.2, -0.15) is 11.8 Å². The fraction of sp³-hybridized carbons (Fsp3) is 1.00. The van der Waals surface area contributed by atoms with Gasteiger partial charge in [-0.25, -0.2) is 0 Å². The Bertz CT molecular complexity index is 115. The molecule has 1 rings (SSSR count). The highest BCUT2D eigenvalue weighted by Gasteiger charge is 2.13. The van der Waals surface area contributed by atoms with Crippen LogP contribution in [0.2, 0.25) is 0 Å². The normalized spacial score (nSPS) is 22.4. The van der Waals surface area contributed by atoms with Crippen LogP contribution in [0, 0.1) is 5.92 Å². The zero-order valence-corrected chi connectivity index (χ0v) is 9.11. The number of aliphatic hydroxyl groups is 1. The van der Waals surface area contributed by atoms with Gasteiger partial charge in [0.2, 0.25) is 0 Å². The molecule has 78 valence electrons. The highest BCUT2D eigenvalue weighted by Crippen LogP contribution is 2.22. The van der Waals surface area contributed by atoms with Crippen LogP contribution in [0.15, 0.2) is 0 Å². The third-order valence-corrected chi connectivity index (χ3v) is 3.70. The molecule has 1 aliphatic heterocycles. The lowest BCUT2D eigenvalue weighted by Crippen LogP contribution is -2.23. The van der Waals surface area contributed by atoms with Gasteiger partial charge < -0.3 is 10.4 Å². The fourth-order valence-electron chi connectivity index (χ4n) is 1.59. The van der Waals surface area contributed by atoms with E-state index in [1.807, 2.05) is 0 Å². The second-order valence-electron chi connectivity index (χ2n) is 3.72. The van der Waals surface area contributed by atoms with E-state index in [9.17, 15) is 0 Å². The second-order valence-corrected chi connectivity index (χ2v) is 4.87. The monoisotopic (exact) mass is 203 g/mol. The zero-order valence-electron chi connectivity index (χ0n) is 8.30. The Kier molecular flexibility index (Phi) is 6.68. The molecule has 1 unspecified atom stereocenters. The Morgan fingerprint density at radius 3 is 2.92 bits per heavy atom. The molecule has 0 radical (unpaired) electrons. The van der Waals surface area contributed by atoms with Gasteiger partial charge in [-0.15, -0.1) is 0 Å². The van der Waals surface area contributed by atoms with Crippen LogP contribution < -0.4 is 5.32 Å². The minimum atomic E-state index is 0.346. The van der Waals surface area contributed by atoms with E-state index in [-0.39, 0.29) is 0 Å². The largest absolute Gasteiger partial charge is 0.396 e. The van der Waals surface area contributed by atoms with Crippen molar-refractivity contribution in [2.24, 2.45) is 5.92 Å². The third-order valence-electron chi connectivity index (χ3n) is 2.47. The van der Waals surface area contributed by atoms with Crippen LogP contribution in [0.25, 0.3) is 0 Å². The fourth-order valence-corrected chi connectivity index (χ4v) is 2.87. The molecule has 1 heterocycles. The van der Waals surface area contributed by atoms with Crippen LogP contribution in [-0.2, 0) is 0 Å². The summed E-state index contributed by atoms with van der Waals surface area (Å²) in [7, 11) is 0. The highest BCUT2D eigenvalue weighted by molar-refractivity contribution is 7.99. The van der Waals surface area contributed by atoms with E-state index in [0.29, 0.717) is 6.61 Å². The third kappa shape index (κ3) is 5.55. The van der Waals surface area contributed by atoms with Gasteiger partial charge in [0.1, 0.15) is 0 Å². The number of unbranched alkanes of at least 4 members (excludes halogenated alkanes) is 2. The van der Waals surface area contributed by atoms with Crippen molar-refractivity contribution in [1.82, 2.24) is 5.32 Å². The summed E-state index contributed by atoms with van der Waals surface area (Å²) >= 11 is 2.08. The smallest absolute Gasteiger partial charge is 0.0431 e. The maximum absolute atomic E-state index is 8.57. The van der Waals surface area contributed by atoms with E-state index in [2.05, 4.69) is 17.1 Å². The molecule has 13 heavy (non-hydrogen) atoms. The molecule has 2 nitrogen and oxygen atoms in total. The maximum Gasteiger partial charge on any atom is 0.0431 e. The van der Waals surface area contributed by atoms with E-state index in [0.717, 1.165) is 25.3 Å². The first-order valence-electron chi connectivity index (χ1n) is 5.33. The Morgan fingerprint density at radius 1 is 1.31 bits per heavy atom. The number of hydrogen-bond acceptors (Lipinski definition) is 3. The molecule has 2 N–H and O–H groups in total. The molecule has 1 atom stereocenters. The molecule has 1 saturated heterocycles. The average Bonchev–Trinajstić information content (AvgIpc) is 2.63. The van der Waals surface area contributed by atoms with Crippen LogP contribution in [0.3, 0.4) is 0 Å². The summed E-state index contributed by atoms with van der Waals surface area (Å²) in [6, 6.07) is 0. The summed E-state index contributed by atoms with van der Waals surface area (Å²) in [6.07, 6.45) is 4.72. The standard InChI is InChI=1S/C10H21NOS/c12-6-3-1-2-5-11-8-10-4-7-13-9-10/h10-12H,1-9H2. The number of hydrogen-bond donors (Lipinski definition) is 2. The van der Waals surface area contributed by atoms with Crippen molar-refractivity contribution < 1.29 is 5.11 Å². The van der Waals surface area contributed by atoms with Crippen molar-refractivity contribution in [3.05, 3.63) is 0 Å². The molecule has 0 aromatic heterocycles. The van der Waals surface area contributed by atoms with Gasteiger partial charge in [0.15, 0.2) is 0 Å². The summed E-state index contributed by atoms with van der Waals surface area (Å²) in [5.41, 5.74) is 0. The summed E-state index contributed by atoms with van der Waals surface area (Å²) in [5, 5.41) is 12.1. The summed E-state index contributed by atoms with van der Waals surface area (Å²) in [6.45, 7) is 2.67. The Morgan fingerprint density at radius 2 is 2.23 bits per heavy atom. The molecule has 0 aromatic carbocycles. The molecular weight excluding hydrogens is 182 g/mol. The van der Waals surface area contributed by atoms with Gasteiger partial charge in [0.25, 0.3) is 0 Å². The number of nitrogens with one attached hydrogen (secondary N) is 1. The number of rotatable bonds is 7. The quantitative estimate of drug-likeness (QED) is 0.615. The predicted molar refractivity (Wildman–Crippen MR) is 59.2 cm³/mol. The van der Waals surface area contributed by atoms with Crippen molar-refractivity contribution in [2.45, 2.75) is 25.7 Å². The Labute approximate surface area is 85.5 Å². The molecule has 1 aliphatic rings. The van der Waals surface area contributed by atoms with Crippen LogP contribution >= 0.6 is 11.8 Å². The first-order valence-corrected chi connectivity index (χ1v) is 6.48. The van der Waals surface area contributed by atoms with Crippen molar-refractivity contribution in [3.63, 3.8) is 0 Å². The van der Waals surface area contributed by atoms with Crippen molar-refractivity contribution in [3.8, 4) is 0 Å². The minimum absolute atomic E-state index is 0.346. The van der Waals surface area contributed by atoms with E-state index in [1.165, 1.54) is 30.9 Å². The first kappa shape index (κ1) is 11.3. The van der Waals surface area contributed by atoms with Crippen LogP contribution in [-0.4, -0.2) is 36.3 Å². The maximum atomic E-state index is 8.57. The van der Waals surface area contributed by atoms with Gasteiger partial charge in [-0.1, -0.05) is 0 Å². The molecule has 1 fully saturated rings. The van der Waals surface area contributed by atoms with E-state index in [1.54, 1.807) is 0 Å². The molecule has 0 bridgehead atoms. The topological polar surface area (TPSA) is 32.3 Å². The second kappa shape index (κ2) is 7.65. The van der Waals surface area contributed by atoms with Crippen LogP contribution in [0.4, 0.5) is 0 Å². The molecule has 0 aliphatic carbocycles. The van der Waals surface area contributed by atoms with Gasteiger partial charge in [0.05, 0.1) is 0 Å². The number of aliphatic hydroxyl groups excluding tert-OH is 1. The average molecular weight is 203 g/mol. The van der Waals surface area contributed by atoms with Gasteiger partial charge in [-0.3, -0.25) is 0 Å². The van der Waals surface area contributed by atoms with E-state index < -0.39 is 0 Å². The number of thioether (sulfide) groups is 1. The minimum Gasteiger partial charge on any atom is -0.396 e. The molecule has 0 aromatic rings. The Hall–Kier alpha value is 0.270. The zero-order chi connectivity index (χ0) is 9.36. The van der Waals surface area contributed by atoms with Gasteiger partial charge >= 0.3 is 0 Å². The molecule has 0 amide bonds. The highest BCUT2D eigenvalue weighted by atomic mass is 32.2. The van der Waals surface area contributed by atoms with E-state index in [4.69, 9.17) is 5.11 Å². The van der Waals surface area contributed by atoms with Gasteiger partial charge in [0, 0.05) is 6.61 Å². The molecule has 0 spiro atoms. The predicted octanol–water partition coefficient (Wildman–Crippen LogP) is 1.49. The first-order chi connectivity index (χ1) is 6.43. The van der Waals surface area contributed by atoms with Crippen molar-refractivity contribution in [1.29, 1.82) is 0 Å². The molecule has 3 heteroatoms. The lowest BCUT2D eigenvalue weighted by molar-refractivity contribution is 0.282. The van der Waals surface area contributed by atoms with Gasteiger partial charge in [-0.05, 0) is 56.2 Å². The molecule has 0 saturated carbocycles. The van der Waals surface area contributed by atoms with Crippen molar-refractivity contribution in [2.75, 3.05) is 31.2 Å². The summed E-state index contributed by atoms with van der Waals surface area (Å²) in [4.78, 5) is 0. The lowest BCUT2D eigenvalue weighted by Gasteiger charge is -2.09. The van der Waals surface area contributed by atoms with Crippen LogP contribution in [0.5, 0.6) is 0 Å². The van der Waals surface area contributed by atoms with Crippen molar-refractivity contribution >= 4 is 11.8 Å². The Balaban J connectivity index is 1.78. The van der Waals surface area contributed by atoms with Crippen LogP contribution in [0.1, 0.15) is 25.7 Å². The summed E-state index contributed by atoms with van der Waals surface area (Å²) < 4.78 is 0. The SMILES string of the molecule is OCCCCCNCC1CCSC1. The summed E-state index contributed by atoms with van der Waals surface area (Å²) in [5.74, 6) is 3.63. The lowest BCUT2D eigenvalue weighted by atomic mass is 10.1. The molecular formula is C10H21NOS. The van der Waals surface area contributed by atoms with E-state index >= 15 is 0 Å².